The third-order valence-electron chi connectivity index (χ3n) is 6.08. The lowest BCUT2D eigenvalue weighted by Crippen LogP contribution is -2.60. The molecule has 3 aliphatic heterocycles. The smallest absolute Gasteiger partial charge is 0.0124 e. The second-order valence-electron chi connectivity index (χ2n) is 6.92. The van der Waals surface area contributed by atoms with Gasteiger partial charge in [-0.1, -0.05) is 6.42 Å². The summed E-state index contributed by atoms with van der Waals surface area (Å²) in [5, 5.41) is 3.83. The summed E-state index contributed by atoms with van der Waals surface area (Å²) >= 11 is 0. The molecule has 1 N–H and O–H groups in total. The quantitative estimate of drug-likeness (QED) is 0.691. The normalized spacial score (nSPS) is 50.5. The molecule has 2 nitrogen and oxygen atoms in total. The van der Waals surface area contributed by atoms with E-state index >= 15 is 0 Å². The fourth-order valence-corrected chi connectivity index (χ4v) is 5.39. The van der Waals surface area contributed by atoms with Crippen LogP contribution in [0.5, 0.6) is 0 Å². The molecule has 0 spiro atoms. The number of fused-ring (bicyclic) bond motifs is 6. The first-order chi connectivity index (χ1) is 8.42. The predicted molar refractivity (Wildman–Crippen MR) is 69.9 cm³/mol. The monoisotopic (exact) mass is 234 g/mol. The van der Waals surface area contributed by atoms with E-state index in [0.29, 0.717) is 0 Å². The topological polar surface area (TPSA) is 15.3 Å². The molecule has 4 rings (SSSR count). The summed E-state index contributed by atoms with van der Waals surface area (Å²) in [4.78, 5) is 2.87. The summed E-state index contributed by atoms with van der Waals surface area (Å²) < 4.78 is 0. The molecule has 1 aliphatic carbocycles. The zero-order valence-corrected chi connectivity index (χ0v) is 10.9. The molecule has 0 aromatic carbocycles. The van der Waals surface area contributed by atoms with Crippen molar-refractivity contribution in [2.75, 3.05) is 19.6 Å². The van der Waals surface area contributed by atoms with Gasteiger partial charge in [0, 0.05) is 18.6 Å². The SMILES string of the molecule is C1CNC2CC3CC(CN4CCCCC34)C2C1. The average Bonchev–Trinajstić information content (AvgIpc) is 2.39. The van der Waals surface area contributed by atoms with Crippen LogP contribution < -0.4 is 5.32 Å². The van der Waals surface area contributed by atoms with Crippen LogP contribution in [0.15, 0.2) is 0 Å². The molecule has 5 atom stereocenters. The molecule has 5 unspecified atom stereocenters. The number of nitrogens with one attached hydrogen (secondary N) is 1. The van der Waals surface area contributed by atoms with Crippen LogP contribution in [0.3, 0.4) is 0 Å². The van der Waals surface area contributed by atoms with Crippen LogP contribution in [-0.2, 0) is 0 Å². The summed E-state index contributed by atoms with van der Waals surface area (Å²) in [7, 11) is 0. The molecule has 3 heterocycles. The number of hydrogen-bond acceptors (Lipinski definition) is 2. The van der Waals surface area contributed by atoms with Crippen LogP contribution in [0.2, 0.25) is 0 Å². The van der Waals surface area contributed by atoms with Gasteiger partial charge in [0.15, 0.2) is 0 Å². The molecule has 0 radical (unpaired) electrons. The van der Waals surface area contributed by atoms with Crippen LogP contribution in [0.4, 0.5) is 0 Å². The van der Waals surface area contributed by atoms with Crippen molar-refractivity contribution in [2.24, 2.45) is 17.8 Å². The lowest BCUT2D eigenvalue weighted by molar-refractivity contribution is -0.0440. The van der Waals surface area contributed by atoms with E-state index in [-0.39, 0.29) is 0 Å². The zero-order valence-electron chi connectivity index (χ0n) is 10.9. The predicted octanol–water partition coefficient (Wildman–Crippen LogP) is 2.25. The minimum atomic E-state index is 0.886. The van der Waals surface area contributed by atoms with Crippen LogP contribution >= 0.6 is 0 Å². The molecule has 0 aromatic rings. The van der Waals surface area contributed by atoms with Gasteiger partial charge in [-0.05, 0) is 69.4 Å². The van der Waals surface area contributed by atoms with Crippen molar-refractivity contribution in [1.82, 2.24) is 10.2 Å². The average molecular weight is 234 g/mol. The number of rotatable bonds is 0. The van der Waals surface area contributed by atoms with Gasteiger partial charge in [0.25, 0.3) is 0 Å². The fourth-order valence-electron chi connectivity index (χ4n) is 5.39. The Morgan fingerprint density at radius 2 is 1.94 bits per heavy atom. The Hall–Kier alpha value is -0.0800. The highest BCUT2D eigenvalue weighted by molar-refractivity contribution is 5.01. The Kier molecular flexibility index (Phi) is 2.69. The fraction of sp³-hybridized carbons (Fsp3) is 1.00. The van der Waals surface area contributed by atoms with E-state index in [1.807, 2.05) is 0 Å². The standard InChI is InChI=1S/C15H26N2/c1-2-7-17-10-12-8-11(15(17)5-1)9-14-13(12)4-3-6-16-14/h11-16H,1-10H2. The largest absolute Gasteiger partial charge is 0.314 e. The molecule has 2 heteroatoms. The Labute approximate surface area is 105 Å². The van der Waals surface area contributed by atoms with Gasteiger partial charge in [-0.15, -0.1) is 0 Å². The van der Waals surface area contributed by atoms with Crippen molar-refractivity contribution in [2.45, 2.75) is 57.0 Å². The molecule has 4 aliphatic rings. The van der Waals surface area contributed by atoms with Crippen LogP contribution in [0.25, 0.3) is 0 Å². The zero-order chi connectivity index (χ0) is 11.2. The second-order valence-corrected chi connectivity index (χ2v) is 6.92. The molecule has 3 saturated heterocycles. The van der Waals surface area contributed by atoms with Crippen LogP contribution in [-0.4, -0.2) is 36.6 Å². The van der Waals surface area contributed by atoms with Crippen LogP contribution in [0.1, 0.15) is 44.9 Å². The highest BCUT2D eigenvalue weighted by Crippen LogP contribution is 2.46. The van der Waals surface area contributed by atoms with E-state index in [4.69, 9.17) is 0 Å². The van der Waals surface area contributed by atoms with Gasteiger partial charge in [-0.3, -0.25) is 4.90 Å². The molecule has 17 heavy (non-hydrogen) atoms. The van der Waals surface area contributed by atoms with E-state index < -0.39 is 0 Å². The summed E-state index contributed by atoms with van der Waals surface area (Å²) in [5.74, 6) is 3.07. The first kappa shape index (κ1) is 10.8. The van der Waals surface area contributed by atoms with Crippen molar-refractivity contribution >= 4 is 0 Å². The maximum Gasteiger partial charge on any atom is 0.0124 e. The summed E-state index contributed by atoms with van der Waals surface area (Å²) in [5.41, 5.74) is 0. The minimum absolute atomic E-state index is 0.886. The molecular formula is C15H26N2. The Morgan fingerprint density at radius 3 is 2.94 bits per heavy atom. The highest BCUT2D eigenvalue weighted by Gasteiger charge is 2.47. The Bertz CT molecular complexity index is 263. The molecule has 1 saturated carbocycles. The van der Waals surface area contributed by atoms with Gasteiger partial charge in [0.1, 0.15) is 0 Å². The molecule has 96 valence electrons. The molecule has 4 fully saturated rings. The Balaban J connectivity index is 1.56. The second kappa shape index (κ2) is 4.24. The molecule has 2 bridgehead atoms. The summed E-state index contributed by atoms with van der Waals surface area (Å²) in [6.45, 7) is 4.13. The minimum Gasteiger partial charge on any atom is -0.314 e. The van der Waals surface area contributed by atoms with Crippen molar-refractivity contribution in [3.63, 3.8) is 0 Å². The maximum absolute atomic E-state index is 3.83. The lowest BCUT2D eigenvalue weighted by Gasteiger charge is -2.56. The van der Waals surface area contributed by atoms with Gasteiger partial charge >= 0.3 is 0 Å². The van der Waals surface area contributed by atoms with E-state index in [2.05, 4.69) is 10.2 Å². The van der Waals surface area contributed by atoms with Crippen LogP contribution in [0, 0.1) is 17.8 Å². The van der Waals surface area contributed by atoms with Crippen molar-refractivity contribution in [1.29, 1.82) is 0 Å². The first-order valence-electron chi connectivity index (χ1n) is 7.89. The highest BCUT2D eigenvalue weighted by atomic mass is 15.2. The number of nitrogens with zero attached hydrogens (tertiary/aromatic N) is 1. The van der Waals surface area contributed by atoms with Gasteiger partial charge < -0.3 is 5.32 Å². The first-order valence-corrected chi connectivity index (χ1v) is 7.89. The summed E-state index contributed by atoms with van der Waals surface area (Å²) in [6, 6.07) is 1.85. The maximum atomic E-state index is 3.83. The van der Waals surface area contributed by atoms with Gasteiger partial charge in [0.2, 0.25) is 0 Å². The van der Waals surface area contributed by atoms with Crippen molar-refractivity contribution < 1.29 is 0 Å². The van der Waals surface area contributed by atoms with E-state index in [1.54, 1.807) is 6.42 Å². The number of piperidine rings is 3. The van der Waals surface area contributed by atoms with Crippen molar-refractivity contribution in [3.05, 3.63) is 0 Å². The Morgan fingerprint density at radius 1 is 0.941 bits per heavy atom. The van der Waals surface area contributed by atoms with E-state index in [0.717, 1.165) is 29.8 Å². The third kappa shape index (κ3) is 1.76. The molecule has 0 amide bonds. The summed E-state index contributed by atoms with van der Waals surface area (Å²) in [6.07, 6.45) is 10.4. The van der Waals surface area contributed by atoms with Crippen molar-refractivity contribution in [3.8, 4) is 0 Å². The molecular weight excluding hydrogens is 208 g/mol. The van der Waals surface area contributed by atoms with Gasteiger partial charge in [-0.2, -0.15) is 0 Å². The van der Waals surface area contributed by atoms with Gasteiger partial charge in [0.05, 0.1) is 0 Å². The third-order valence-corrected chi connectivity index (χ3v) is 6.08. The van der Waals surface area contributed by atoms with Gasteiger partial charge in [-0.25, -0.2) is 0 Å². The lowest BCUT2D eigenvalue weighted by atomic mass is 9.62. The van der Waals surface area contributed by atoms with E-state index in [9.17, 15) is 0 Å². The number of hydrogen-bond donors (Lipinski definition) is 1. The molecule has 0 aromatic heterocycles. The van der Waals surface area contributed by atoms with E-state index in [1.165, 1.54) is 58.2 Å².